The molecule has 3 aromatic rings. The van der Waals surface area contributed by atoms with Gasteiger partial charge in [0, 0.05) is 5.56 Å². The molecule has 0 radical (unpaired) electrons. The number of methoxy groups -OCH3 is 1. The largest absolute Gasteiger partial charge is 0.494 e. The molecule has 0 amide bonds. The normalized spacial score (nSPS) is 15.2. The third kappa shape index (κ3) is 4.74. The fourth-order valence-corrected chi connectivity index (χ4v) is 5.11. The third-order valence-electron chi connectivity index (χ3n) is 5.66. The molecule has 9 heteroatoms. The molecule has 186 valence electrons. The minimum absolute atomic E-state index is 0.196. The van der Waals surface area contributed by atoms with Gasteiger partial charge in [-0.05, 0) is 50.6 Å². The highest BCUT2D eigenvalue weighted by Gasteiger charge is 2.35. The number of allylic oxidation sites excluding steroid dienone is 1. The highest BCUT2D eigenvalue weighted by molar-refractivity contribution is 7.07. The van der Waals surface area contributed by atoms with Gasteiger partial charge in [-0.3, -0.25) is 9.36 Å². The Morgan fingerprint density at radius 1 is 1.06 bits per heavy atom. The number of hydrogen-bond donors (Lipinski definition) is 0. The zero-order valence-electron chi connectivity index (χ0n) is 20.4. The fourth-order valence-electron chi connectivity index (χ4n) is 4.06. The van der Waals surface area contributed by atoms with E-state index >= 15 is 0 Å². The molecule has 0 saturated heterocycles. The Hall–Kier alpha value is -3.98. The van der Waals surface area contributed by atoms with E-state index < -0.39 is 18.0 Å². The zero-order chi connectivity index (χ0) is 25.8. The average molecular weight is 507 g/mol. The van der Waals surface area contributed by atoms with Crippen molar-refractivity contribution in [3.05, 3.63) is 96.2 Å². The van der Waals surface area contributed by atoms with Crippen LogP contribution < -0.4 is 19.6 Å². The lowest BCUT2D eigenvalue weighted by atomic mass is 9.95. The van der Waals surface area contributed by atoms with Crippen molar-refractivity contribution >= 4 is 29.4 Å². The van der Waals surface area contributed by atoms with Gasteiger partial charge in [-0.15, -0.1) is 0 Å². The molecule has 2 aromatic carbocycles. The van der Waals surface area contributed by atoms with E-state index in [1.54, 1.807) is 44.2 Å². The summed E-state index contributed by atoms with van der Waals surface area (Å²) in [6.45, 7) is 5.98. The zero-order valence-corrected chi connectivity index (χ0v) is 21.3. The van der Waals surface area contributed by atoms with Crippen molar-refractivity contribution in [1.29, 1.82) is 0 Å². The second-order valence-corrected chi connectivity index (χ2v) is 8.90. The highest BCUT2D eigenvalue weighted by Crippen LogP contribution is 2.35. The SMILES string of the molecule is CCOC(=O)C1=C(C)N=c2s/c(=C\c3ccc(C(=O)OC)cc3)c(=O)n2[C@@H]1c1ccccc1OCC. The molecular formula is C27H26N2O6S. The first kappa shape index (κ1) is 25.1. The topological polar surface area (TPSA) is 96.2 Å². The van der Waals surface area contributed by atoms with Gasteiger partial charge >= 0.3 is 11.9 Å². The summed E-state index contributed by atoms with van der Waals surface area (Å²) in [6.07, 6.45) is 1.74. The van der Waals surface area contributed by atoms with Gasteiger partial charge in [0.2, 0.25) is 0 Å². The first-order chi connectivity index (χ1) is 17.4. The van der Waals surface area contributed by atoms with Crippen molar-refractivity contribution in [2.45, 2.75) is 26.8 Å². The van der Waals surface area contributed by atoms with Crippen LogP contribution in [0, 0.1) is 0 Å². The Kier molecular flexibility index (Phi) is 7.49. The van der Waals surface area contributed by atoms with Crippen LogP contribution >= 0.6 is 11.3 Å². The lowest BCUT2D eigenvalue weighted by molar-refractivity contribution is -0.139. The van der Waals surface area contributed by atoms with E-state index in [2.05, 4.69) is 4.99 Å². The Morgan fingerprint density at radius 3 is 2.44 bits per heavy atom. The number of hydrogen-bond acceptors (Lipinski definition) is 8. The van der Waals surface area contributed by atoms with Crippen LogP contribution in [-0.2, 0) is 14.3 Å². The predicted molar refractivity (Wildman–Crippen MR) is 136 cm³/mol. The lowest BCUT2D eigenvalue weighted by Gasteiger charge is -2.26. The van der Waals surface area contributed by atoms with E-state index in [0.717, 1.165) is 5.56 Å². The molecular weight excluding hydrogens is 480 g/mol. The molecule has 0 aliphatic carbocycles. The standard InChI is InChI=1S/C27H26N2O6S/c1-5-34-20-10-8-7-9-19(20)23-22(26(32)35-6-2)16(3)28-27-29(23)24(30)21(36-27)15-17-11-13-18(14-12-17)25(31)33-4/h7-15,23H,5-6H2,1-4H3/b21-15-/t23-/m1/s1. The molecule has 1 aromatic heterocycles. The van der Waals surface area contributed by atoms with Gasteiger partial charge in [0.1, 0.15) is 11.8 Å². The van der Waals surface area contributed by atoms with Crippen LogP contribution in [0.15, 0.2) is 69.6 Å². The van der Waals surface area contributed by atoms with Crippen LogP contribution in [0.5, 0.6) is 5.75 Å². The molecule has 0 saturated carbocycles. The summed E-state index contributed by atoms with van der Waals surface area (Å²) in [5, 5.41) is 0. The van der Waals surface area contributed by atoms with Gasteiger partial charge in [-0.25, -0.2) is 14.6 Å². The van der Waals surface area contributed by atoms with Crippen molar-refractivity contribution in [3.8, 4) is 5.75 Å². The van der Waals surface area contributed by atoms with Crippen LogP contribution in [0.2, 0.25) is 0 Å². The molecule has 36 heavy (non-hydrogen) atoms. The number of para-hydroxylation sites is 1. The van der Waals surface area contributed by atoms with Crippen LogP contribution in [-0.4, -0.2) is 36.8 Å². The van der Waals surface area contributed by atoms with Crippen molar-refractivity contribution in [3.63, 3.8) is 0 Å². The number of aromatic nitrogens is 1. The summed E-state index contributed by atoms with van der Waals surface area (Å²) in [5.41, 5.74) is 2.32. The first-order valence-corrected chi connectivity index (χ1v) is 12.3. The summed E-state index contributed by atoms with van der Waals surface area (Å²) < 4.78 is 17.9. The van der Waals surface area contributed by atoms with E-state index in [4.69, 9.17) is 14.2 Å². The van der Waals surface area contributed by atoms with Crippen LogP contribution in [0.3, 0.4) is 0 Å². The summed E-state index contributed by atoms with van der Waals surface area (Å²) in [5.74, 6) is -0.381. The number of nitrogens with zero attached hydrogens (tertiary/aromatic N) is 2. The molecule has 4 rings (SSSR count). The molecule has 0 fully saturated rings. The third-order valence-corrected chi connectivity index (χ3v) is 6.64. The highest BCUT2D eigenvalue weighted by atomic mass is 32.1. The molecule has 0 unspecified atom stereocenters. The summed E-state index contributed by atoms with van der Waals surface area (Å²) >= 11 is 1.23. The summed E-state index contributed by atoms with van der Waals surface area (Å²) in [6, 6.07) is 13.3. The molecule has 1 atom stereocenters. The maximum absolute atomic E-state index is 13.7. The van der Waals surface area contributed by atoms with Gasteiger partial charge in [0.15, 0.2) is 4.80 Å². The lowest BCUT2D eigenvalue weighted by Crippen LogP contribution is -2.40. The maximum atomic E-state index is 13.7. The maximum Gasteiger partial charge on any atom is 0.338 e. The number of ether oxygens (including phenoxy) is 3. The van der Waals surface area contributed by atoms with E-state index in [1.165, 1.54) is 23.0 Å². The number of thiazole rings is 1. The molecule has 1 aliphatic heterocycles. The number of benzene rings is 2. The van der Waals surface area contributed by atoms with Crippen LogP contribution in [0.4, 0.5) is 0 Å². The van der Waals surface area contributed by atoms with Gasteiger partial charge in [0.25, 0.3) is 5.56 Å². The van der Waals surface area contributed by atoms with Gasteiger partial charge in [-0.1, -0.05) is 41.7 Å². The molecule has 2 heterocycles. The quantitative estimate of drug-likeness (QED) is 0.457. The van der Waals surface area contributed by atoms with Crippen LogP contribution in [0.25, 0.3) is 6.08 Å². The predicted octanol–water partition coefficient (Wildman–Crippen LogP) is 2.98. The van der Waals surface area contributed by atoms with Crippen molar-refractivity contribution in [2.75, 3.05) is 20.3 Å². The average Bonchev–Trinajstić information content (AvgIpc) is 3.18. The van der Waals surface area contributed by atoms with Crippen molar-refractivity contribution in [1.82, 2.24) is 4.57 Å². The van der Waals surface area contributed by atoms with Gasteiger partial charge in [-0.2, -0.15) is 0 Å². The van der Waals surface area contributed by atoms with Gasteiger partial charge in [0.05, 0.1) is 41.7 Å². The van der Waals surface area contributed by atoms with E-state index in [1.807, 2.05) is 31.2 Å². The number of rotatable bonds is 7. The minimum Gasteiger partial charge on any atom is -0.494 e. The summed E-state index contributed by atoms with van der Waals surface area (Å²) in [4.78, 5) is 43.6. The summed E-state index contributed by atoms with van der Waals surface area (Å²) in [7, 11) is 1.32. The second kappa shape index (κ2) is 10.7. The van der Waals surface area contributed by atoms with Crippen molar-refractivity contribution < 1.29 is 23.8 Å². The second-order valence-electron chi connectivity index (χ2n) is 7.89. The molecule has 8 nitrogen and oxygen atoms in total. The van der Waals surface area contributed by atoms with Gasteiger partial charge < -0.3 is 14.2 Å². The van der Waals surface area contributed by atoms with E-state index in [0.29, 0.717) is 44.1 Å². The molecule has 0 N–H and O–H groups in total. The Morgan fingerprint density at radius 2 is 1.78 bits per heavy atom. The number of esters is 2. The molecule has 0 spiro atoms. The number of carbonyl (C=O) groups is 2. The Labute approximate surface area is 211 Å². The van der Waals surface area contributed by atoms with E-state index in [-0.39, 0.29) is 12.2 Å². The molecule has 1 aliphatic rings. The minimum atomic E-state index is -0.757. The van der Waals surface area contributed by atoms with Crippen molar-refractivity contribution in [2.24, 2.45) is 4.99 Å². The monoisotopic (exact) mass is 506 g/mol. The first-order valence-electron chi connectivity index (χ1n) is 11.5. The van der Waals surface area contributed by atoms with E-state index in [9.17, 15) is 14.4 Å². The van der Waals surface area contributed by atoms with Crippen LogP contribution in [0.1, 0.15) is 48.3 Å². The fraction of sp³-hybridized carbons (Fsp3) is 0.259. The number of carbonyl (C=O) groups excluding carboxylic acids is 2. The molecule has 0 bridgehead atoms. The number of fused-ring (bicyclic) bond motifs is 1. The smallest absolute Gasteiger partial charge is 0.338 e. The Bertz CT molecular complexity index is 1510. The Balaban J connectivity index is 1.91.